The Bertz CT molecular complexity index is 128. The van der Waals surface area contributed by atoms with Crippen LogP contribution in [0.5, 0.6) is 0 Å². The standard InChI is InChI=1S/C9H18ClN/c1-5-6-7-11-9(3,4)8(2)10/h5-6,8,11H,7H2,1-4H3/b6-5+. The number of alkyl halides is 1. The van der Waals surface area contributed by atoms with Gasteiger partial charge in [-0.2, -0.15) is 0 Å². The van der Waals surface area contributed by atoms with Crippen molar-refractivity contribution in [3.05, 3.63) is 12.2 Å². The molecule has 0 amide bonds. The van der Waals surface area contributed by atoms with E-state index in [0.29, 0.717) is 0 Å². The quantitative estimate of drug-likeness (QED) is 0.512. The van der Waals surface area contributed by atoms with Crippen molar-refractivity contribution in [2.45, 2.75) is 38.6 Å². The fraction of sp³-hybridized carbons (Fsp3) is 0.778. The van der Waals surface area contributed by atoms with Crippen LogP contribution in [0.1, 0.15) is 27.7 Å². The van der Waals surface area contributed by atoms with Crippen LogP contribution in [0.2, 0.25) is 0 Å². The minimum Gasteiger partial charge on any atom is -0.307 e. The predicted octanol–water partition coefficient (Wildman–Crippen LogP) is 2.56. The minimum atomic E-state index is 0.0149. The first-order valence-corrected chi connectivity index (χ1v) is 4.44. The van der Waals surface area contributed by atoms with Gasteiger partial charge < -0.3 is 5.32 Å². The molecule has 0 aliphatic heterocycles. The van der Waals surface area contributed by atoms with Crippen molar-refractivity contribution in [3.63, 3.8) is 0 Å². The smallest absolute Gasteiger partial charge is 0.0484 e. The van der Waals surface area contributed by atoms with Gasteiger partial charge in [-0.15, -0.1) is 11.6 Å². The Labute approximate surface area is 74.8 Å². The highest BCUT2D eigenvalue weighted by Crippen LogP contribution is 2.13. The van der Waals surface area contributed by atoms with Crippen LogP contribution in [0.4, 0.5) is 0 Å². The van der Waals surface area contributed by atoms with E-state index in [1.165, 1.54) is 0 Å². The fourth-order valence-corrected chi connectivity index (χ4v) is 0.658. The highest BCUT2D eigenvalue weighted by Gasteiger charge is 2.21. The molecule has 0 aliphatic carbocycles. The lowest BCUT2D eigenvalue weighted by Gasteiger charge is -2.28. The Kier molecular flexibility index (Phi) is 4.78. The van der Waals surface area contributed by atoms with E-state index in [-0.39, 0.29) is 10.9 Å². The lowest BCUT2D eigenvalue weighted by Crippen LogP contribution is -2.45. The summed E-state index contributed by atoms with van der Waals surface area (Å²) >= 11 is 5.96. The molecule has 0 fully saturated rings. The van der Waals surface area contributed by atoms with Crippen LogP contribution in [0, 0.1) is 0 Å². The van der Waals surface area contributed by atoms with E-state index in [4.69, 9.17) is 11.6 Å². The zero-order chi connectivity index (χ0) is 8.91. The molecule has 0 radical (unpaired) electrons. The second-order valence-corrected chi connectivity index (χ2v) is 3.94. The molecule has 0 heterocycles. The van der Waals surface area contributed by atoms with E-state index in [1.807, 2.05) is 19.9 Å². The molecule has 0 spiro atoms. The number of halogens is 1. The minimum absolute atomic E-state index is 0.0149. The molecule has 1 N–H and O–H groups in total. The van der Waals surface area contributed by atoms with Crippen molar-refractivity contribution in [3.8, 4) is 0 Å². The highest BCUT2D eigenvalue weighted by molar-refractivity contribution is 6.21. The van der Waals surface area contributed by atoms with E-state index >= 15 is 0 Å². The maximum absolute atomic E-state index is 5.96. The van der Waals surface area contributed by atoms with Gasteiger partial charge in [-0.1, -0.05) is 12.2 Å². The van der Waals surface area contributed by atoms with Gasteiger partial charge in [0, 0.05) is 17.5 Å². The van der Waals surface area contributed by atoms with Gasteiger partial charge in [-0.25, -0.2) is 0 Å². The molecule has 66 valence electrons. The van der Waals surface area contributed by atoms with Crippen LogP contribution < -0.4 is 5.32 Å². The van der Waals surface area contributed by atoms with Gasteiger partial charge in [0.1, 0.15) is 0 Å². The first kappa shape index (κ1) is 11.0. The zero-order valence-electron chi connectivity index (χ0n) is 7.82. The topological polar surface area (TPSA) is 12.0 Å². The van der Waals surface area contributed by atoms with Crippen molar-refractivity contribution >= 4 is 11.6 Å². The molecular weight excluding hydrogens is 158 g/mol. The van der Waals surface area contributed by atoms with Gasteiger partial charge in [0.2, 0.25) is 0 Å². The third-order valence-electron chi connectivity index (χ3n) is 1.91. The first-order valence-electron chi connectivity index (χ1n) is 4.01. The van der Waals surface area contributed by atoms with Crippen LogP contribution in [-0.2, 0) is 0 Å². The lowest BCUT2D eigenvalue weighted by atomic mass is 10.0. The Morgan fingerprint density at radius 3 is 2.45 bits per heavy atom. The summed E-state index contributed by atoms with van der Waals surface area (Å²) in [6, 6.07) is 0. The summed E-state index contributed by atoms with van der Waals surface area (Å²) in [6.07, 6.45) is 4.11. The summed E-state index contributed by atoms with van der Waals surface area (Å²) in [5.41, 5.74) is 0.0149. The van der Waals surface area contributed by atoms with Crippen molar-refractivity contribution in [1.29, 1.82) is 0 Å². The van der Waals surface area contributed by atoms with Crippen molar-refractivity contribution < 1.29 is 0 Å². The van der Waals surface area contributed by atoms with Crippen LogP contribution in [0.15, 0.2) is 12.2 Å². The van der Waals surface area contributed by atoms with E-state index in [1.54, 1.807) is 0 Å². The molecule has 0 aromatic heterocycles. The third kappa shape index (κ3) is 4.44. The van der Waals surface area contributed by atoms with Gasteiger partial charge in [0.05, 0.1) is 0 Å². The molecule has 1 nitrogen and oxygen atoms in total. The monoisotopic (exact) mass is 175 g/mol. The lowest BCUT2D eigenvalue weighted by molar-refractivity contribution is 0.401. The van der Waals surface area contributed by atoms with Gasteiger partial charge >= 0.3 is 0 Å². The SMILES string of the molecule is C/C=C/CNC(C)(C)C(C)Cl. The second kappa shape index (κ2) is 4.78. The molecule has 1 atom stereocenters. The molecule has 1 unspecified atom stereocenters. The van der Waals surface area contributed by atoms with Crippen molar-refractivity contribution in [2.75, 3.05) is 6.54 Å². The summed E-state index contributed by atoms with van der Waals surface area (Å²) in [6.45, 7) is 9.12. The second-order valence-electron chi connectivity index (χ2n) is 3.29. The van der Waals surface area contributed by atoms with Crippen molar-refractivity contribution in [2.24, 2.45) is 0 Å². The molecule has 0 aromatic carbocycles. The maximum atomic E-state index is 5.96. The zero-order valence-corrected chi connectivity index (χ0v) is 8.57. The van der Waals surface area contributed by atoms with Gasteiger partial charge in [0.15, 0.2) is 0 Å². The highest BCUT2D eigenvalue weighted by atomic mass is 35.5. The van der Waals surface area contributed by atoms with E-state index in [9.17, 15) is 0 Å². The molecule has 0 bridgehead atoms. The number of hydrogen-bond donors (Lipinski definition) is 1. The van der Waals surface area contributed by atoms with E-state index in [0.717, 1.165) is 6.54 Å². The molecule has 0 aliphatic rings. The number of rotatable bonds is 4. The average Bonchev–Trinajstić information content (AvgIpc) is 1.88. The maximum Gasteiger partial charge on any atom is 0.0484 e. The van der Waals surface area contributed by atoms with Crippen LogP contribution in [0.3, 0.4) is 0 Å². The summed E-state index contributed by atoms with van der Waals surface area (Å²) in [5, 5.41) is 3.49. The number of allylic oxidation sites excluding steroid dienone is 1. The summed E-state index contributed by atoms with van der Waals surface area (Å²) in [5.74, 6) is 0. The van der Waals surface area contributed by atoms with Gasteiger partial charge in [-0.3, -0.25) is 0 Å². The Hall–Kier alpha value is -0.0100. The van der Waals surface area contributed by atoms with Crippen LogP contribution >= 0.6 is 11.6 Å². The van der Waals surface area contributed by atoms with Crippen LogP contribution in [-0.4, -0.2) is 17.5 Å². The largest absolute Gasteiger partial charge is 0.307 e. The molecule has 2 heteroatoms. The molecule has 0 rings (SSSR count). The average molecular weight is 176 g/mol. The first-order chi connectivity index (χ1) is 5.00. The predicted molar refractivity (Wildman–Crippen MR) is 52.2 cm³/mol. The fourth-order valence-electron chi connectivity index (χ4n) is 0.580. The third-order valence-corrected chi connectivity index (χ3v) is 2.45. The molecular formula is C9H18ClN. The van der Waals surface area contributed by atoms with E-state index in [2.05, 4.69) is 25.2 Å². The molecule has 0 saturated carbocycles. The van der Waals surface area contributed by atoms with Gasteiger partial charge in [0.25, 0.3) is 0 Å². The Morgan fingerprint density at radius 1 is 1.55 bits per heavy atom. The summed E-state index contributed by atoms with van der Waals surface area (Å²) < 4.78 is 0. The summed E-state index contributed by atoms with van der Waals surface area (Å²) in [4.78, 5) is 0. The normalized spacial score (nSPS) is 15.7. The van der Waals surface area contributed by atoms with Crippen LogP contribution in [0.25, 0.3) is 0 Å². The van der Waals surface area contributed by atoms with Crippen molar-refractivity contribution in [1.82, 2.24) is 5.32 Å². The van der Waals surface area contributed by atoms with Gasteiger partial charge in [-0.05, 0) is 27.7 Å². The summed E-state index contributed by atoms with van der Waals surface area (Å²) in [7, 11) is 0. The number of hydrogen-bond acceptors (Lipinski definition) is 1. The molecule has 0 saturated heterocycles. The Balaban J connectivity index is 3.73. The Morgan fingerprint density at radius 2 is 2.09 bits per heavy atom. The molecule has 11 heavy (non-hydrogen) atoms. The molecule has 0 aromatic rings. The number of nitrogens with one attached hydrogen (secondary N) is 1. The van der Waals surface area contributed by atoms with E-state index < -0.39 is 0 Å².